The summed E-state index contributed by atoms with van der Waals surface area (Å²) in [6, 6.07) is 0. The molecule has 0 fully saturated rings. The predicted octanol–water partition coefficient (Wildman–Crippen LogP) is 1.03. The smallest absolute Gasteiger partial charge is 0.238 e. The molecule has 0 aromatic carbocycles. The van der Waals surface area contributed by atoms with Crippen LogP contribution in [0.5, 0.6) is 0 Å². The first-order valence-corrected chi connectivity index (χ1v) is 4.72. The second kappa shape index (κ2) is 4.91. The molecule has 1 amide bonds. The van der Waals surface area contributed by atoms with E-state index in [1.54, 1.807) is 19.3 Å². The zero-order chi connectivity index (χ0) is 10.6. The van der Waals surface area contributed by atoms with E-state index in [2.05, 4.69) is 15.3 Å². The molecule has 0 radical (unpaired) electrons. The standard InChI is InChI=1S/C9H12ClN3O/c1-6-3-12-8(4-11-6)5-13-9(14)7(2)10/h3-4,7H,5H2,1-2H3,(H,13,14). The fourth-order valence-electron chi connectivity index (χ4n) is 0.829. The van der Waals surface area contributed by atoms with Crippen LogP contribution in [0.25, 0.3) is 0 Å². The molecule has 1 N–H and O–H groups in total. The molecule has 1 aromatic rings. The Morgan fingerprint density at radius 3 is 2.79 bits per heavy atom. The van der Waals surface area contributed by atoms with Crippen LogP contribution >= 0.6 is 11.6 Å². The number of nitrogens with zero attached hydrogens (tertiary/aromatic N) is 2. The Balaban J connectivity index is 2.46. The molecule has 76 valence electrons. The van der Waals surface area contributed by atoms with Crippen molar-refractivity contribution in [3.63, 3.8) is 0 Å². The largest absolute Gasteiger partial charge is 0.349 e. The summed E-state index contributed by atoms with van der Waals surface area (Å²) < 4.78 is 0. The van der Waals surface area contributed by atoms with Crippen molar-refractivity contribution in [2.75, 3.05) is 0 Å². The van der Waals surface area contributed by atoms with E-state index >= 15 is 0 Å². The van der Waals surface area contributed by atoms with Gasteiger partial charge >= 0.3 is 0 Å². The first-order chi connectivity index (χ1) is 6.59. The van der Waals surface area contributed by atoms with Gasteiger partial charge in [-0.3, -0.25) is 14.8 Å². The highest BCUT2D eigenvalue weighted by Crippen LogP contribution is 1.96. The maximum Gasteiger partial charge on any atom is 0.238 e. The summed E-state index contributed by atoms with van der Waals surface area (Å²) in [6.07, 6.45) is 3.29. The van der Waals surface area contributed by atoms with Gasteiger partial charge in [0.25, 0.3) is 0 Å². The molecule has 0 aliphatic heterocycles. The lowest BCUT2D eigenvalue weighted by atomic mass is 10.4. The third-order valence-electron chi connectivity index (χ3n) is 1.64. The lowest BCUT2D eigenvalue weighted by Crippen LogP contribution is -2.29. The van der Waals surface area contributed by atoms with Crippen molar-refractivity contribution < 1.29 is 4.79 Å². The Morgan fingerprint density at radius 2 is 2.29 bits per heavy atom. The van der Waals surface area contributed by atoms with E-state index in [9.17, 15) is 4.79 Å². The molecule has 14 heavy (non-hydrogen) atoms. The molecular weight excluding hydrogens is 202 g/mol. The van der Waals surface area contributed by atoms with Gasteiger partial charge in [-0.25, -0.2) is 0 Å². The summed E-state index contributed by atoms with van der Waals surface area (Å²) in [6.45, 7) is 3.84. The molecule has 0 saturated carbocycles. The maximum absolute atomic E-state index is 11.1. The number of aryl methyl sites for hydroxylation is 1. The van der Waals surface area contributed by atoms with E-state index in [0.29, 0.717) is 6.54 Å². The third kappa shape index (κ3) is 3.30. The quantitative estimate of drug-likeness (QED) is 0.763. The van der Waals surface area contributed by atoms with Crippen molar-refractivity contribution in [3.05, 3.63) is 23.8 Å². The molecule has 1 aromatic heterocycles. The van der Waals surface area contributed by atoms with E-state index in [4.69, 9.17) is 11.6 Å². The van der Waals surface area contributed by atoms with Crippen LogP contribution in [-0.4, -0.2) is 21.3 Å². The molecule has 1 heterocycles. The van der Waals surface area contributed by atoms with E-state index in [1.165, 1.54) is 0 Å². The van der Waals surface area contributed by atoms with Gasteiger partial charge < -0.3 is 5.32 Å². The number of hydrogen-bond acceptors (Lipinski definition) is 3. The van der Waals surface area contributed by atoms with Crippen molar-refractivity contribution in [1.82, 2.24) is 15.3 Å². The van der Waals surface area contributed by atoms with Crippen LogP contribution < -0.4 is 5.32 Å². The Hall–Kier alpha value is -1.16. The van der Waals surface area contributed by atoms with Crippen molar-refractivity contribution in [3.8, 4) is 0 Å². The molecule has 0 saturated heterocycles. The van der Waals surface area contributed by atoms with Crippen molar-refractivity contribution in [2.45, 2.75) is 25.8 Å². The average molecular weight is 214 g/mol. The fourth-order valence-corrected chi connectivity index (χ4v) is 0.906. The summed E-state index contributed by atoms with van der Waals surface area (Å²) in [4.78, 5) is 19.2. The van der Waals surface area contributed by atoms with Crippen LogP contribution in [-0.2, 0) is 11.3 Å². The molecule has 0 aliphatic rings. The molecular formula is C9H12ClN3O. The molecule has 1 rings (SSSR count). The van der Waals surface area contributed by atoms with Crippen molar-refractivity contribution in [2.24, 2.45) is 0 Å². The van der Waals surface area contributed by atoms with Crippen LogP contribution in [0.4, 0.5) is 0 Å². The van der Waals surface area contributed by atoms with Gasteiger partial charge in [0.15, 0.2) is 0 Å². The highest BCUT2D eigenvalue weighted by molar-refractivity contribution is 6.30. The van der Waals surface area contributed by atoms with Crippen LogP contribution in [0.1, 0.15) is 18.3 Å². The van der Waals surface area contributed by atoms with Gasteiger partial charge in [-0.05, 0) is 13.8 Å². The minimum atomic E-state index is -0.520. The lowest BCUT2D eigenvalue weighted by molar-refractivity contribution is -0.120. The third-order valence-corrected chi connectivity index (χ3v) is 1.84. The number of amides is 1. The number of rotatable bonds is 3. The molecule has 5 heteroatoms. The summed E-state index contributed by atoms with van der Waals surface area (Å²) >= 11 is 5.57. The Morgan fingerprint density at radius 1 is 1.57 bits per heavy atom. The maximum atomic E-state index is 11.1. The van der Waals surface area contributed by atoms with Gasteiger partial charge in [-0.2, -0.15) is 0 Å². The van der Waals surface area contributed by atoms with Gasteiger partial charge in [0.1, 0.15) is 5.38 Å². The molecule has 0 aliphatic carbocycles. The van der Waals surface area contributed by atoms with Gasteiger partial charge in [-0.1, -0.05) is 0 Å². The van der Waals surface area contributed by atoms with Gasteiger partial charge in [0.2, 0.25) is 5.91 Å². The van der Waals surface area contributed by atoms with E-state index in [1.807, 2.05) is 6.92 Å². The number of alkyl halides is 1. The second-order valence-corrected chi connectivity index (χ2v) is 3.64. The highest BCUT2D eigenvalue weighted by Gasteiger charge is 2.07. The highest BCUT2D eigenvalue weighted by atomic mass is 35.5. The summed E-state index contributed by atoms with van der Waals surface area (Å²) in [5.74, 6) is -0.200. The SMILES string of the molecule is Cc1cnc(CNC(=O)C(C)Cl)cn1. The van der Waals surface area contributed by atoms with E-state index in [-0.39, 0.29) is 5.91 Å². The zero-order valence-electron chi connectivity index (χ0n) is 8.12. The first-order valence-electron chi connectivity index (χ1n) is 4.29. The molecule has 0 spiro atoms. The molecule has 0 bridgehead atoms. The average Bonchev–Trinajstić information content (AvgIpc) is 2.16. The topological polar surface area (TPSA) is 54.9 Å². The van der Waals surface area contributed by atoms with Crippen LogP contribution in [0, 0.1) is 6.92 Å². The summed E-state index contributed by atoms with van der Waals surface area (Å²) in [7, 11) is 0. The number of nitrogens with one attached hydrogen (secondary N) is 1. The van der Waals surface area contributed by atoms with E-state index in [0.717, 1.165) is 11.4 Å². The van der Waals surface area contributed by atoms with Crippen LogP contribution in [0.15, 0.2) is 12.4 Å². The Kier molecular flexibility index (Phi) is 3.83. The van der Waals surface area contributed by atoms with Crippen LogP contribution in [0.2, 0.25) is 0 Å². The van der Waals surface area contributed by atoms with Crippen molar-refractivity contribution >= 4 is 17.5 Å². The number of carbonyl (C=O) groups excluding carboxylic acids is 1. The first kappa shape index (κ1) is 10.9. The Bertz CT molecular complexity index is 310. The normalized spacial score (nSPS) is 12.2. The van der Waals surface area contributed by atoms with Crippen LogP contribution in [0.3, 0.4) is 0 Å². The zero-order valence-corrected chi connectivity index (χ0v) is 8.88. The van der Waals surface area contributed by atoms with Gasteiger partial charge in [0.05, 0.1) is 24.1 Å². The minimum Gasteiger partial charge on any atom is -0.349 e. The number of carbonyl (C=O) groups is 1. The monoisotopic (exact) mass is 213 g/mol. The summed E-state index contributed by atoms with van der Waals surface area (Å²) in [5.41, 5.74) is 1.58. The lowest BCUT2D eigenvalue weighted by Gasteiger charge is -2.05. The number of hydrogen-bond donors (Lipinski definition) is 1. The van der Waals surface area contributed by atoms with Crippen molar-refractivity contribution in [1.29, 1.82) is 0 Å². The minimum absolute atomic E-state index is 0.200. The van der Waals surface area contributed by atoms with E-state index < -0.39 is 5.38 Å². The predicted molar refractivity (Wildman–Crippen MR) is 53.9 cm³/mol. The second-order valence-electron chi connectivity index (χ2n) is 2.98. The molecule has 1 atom stereocenters. The Labute approximate surface area is 87.7 Å². The van der Waals surface area contributed by atoms with Gasteiger partial charge in [0, 0.05) is 6.20 Å². The van der Waals surface area contributed by atoms with Gasteiger partial charge in [-0.15, -0.1) is 11.6 Å². The molecule has 1 unspecified atom stereocenters. The number of aromatic nitrogens is 2. The summed E-state index contributed by atoms with van der Waals surface area (Å²) in [5, 5.41) is 2.12. The fraction of sp³-hybridized carbons (Fsp3) is 0.444. The molecule has 4 nitrogen and oxygen atoms in total. The number of halogens is 1.